The molecule has 0 amide bonds. The minimum atomic E-state index is -1.02. The molecule has 0 spiro atoms. The van der Waals surface area contributed by atoms with E-state index < -0.39 is 5.97 Å². The van der Waals surface area contributed by atoms with E-state index in [0.29, 0.717) is 5.82 Å². The van der Waals surface area contributed by atoms with Crippen LogP contribution >= 0.6 is 11.3 Å². The number of aryl methyl sites for hydroxylation is 2. The maximum Gasteiger partial charge on any atom is 0.353 e. The van der Waals surface area contributed by atoms with Crippen LogP contribution in [0.25, 0.3) is 10.8 Å². The number of rotatable bonds is 2. The van der Waals surface area contributed by atoms with E-state index in [4.69, 9.17) is 5.11 Å². The topological polar surface area (TPSA) is 78.9 Å². The van der Waals surface area contributed by atoms with Crippen molar-refractivity contribution in [2.45, 2.75) is 13.8 Å². The molecule has 0 radical (unpaired) electrons. The molecular formula is C9H9N3O2S. The zero-order valence-corrected chi connectivity index (χ0v) is 9.05. The highest BCUT2D eigenvalue weighted by atomic mass is 32.1. The lowest BCUT2D eigenvalue weighted by atomic mass is 10.4. The summed E-state index contributed by atoms with van der Waals surface area (Å²) in [5.41, 5.74) is 1.03. The van der Waals surface area contributed by atoms with E-state index in [0.717, 1.165) is 15.6 Å². The number of imidazole rings is 1. The van der Waals surface area contributed by atoms with Crippen molar-refractivity contribution in [3.63, 3.8) is 0 Å². The summed E-state index contributed by atoms with van der Waals surface area (Å²) in [6.07, 6.45) is 1.30. The summed E-state index contributed by atoms with van der Waals surface area (Å²) >= 11 is 1.49. The van der Waals surface area contributed by atoms with Gasteiger partial charge < -0.3 is 10.1 Å². The van der Waals surface area contributed by atoms with Gasteiger partial charge in [-0.15, -0.1) is 11.3 Å². The van der Waals surface area contributed by atoms with Gasteiger partial charge in [0.05, 0.1) is 11.9 Å². The van der Waals surface area contributed by atoms with E-state index in [9.17, 15) is 4.79 Å². The minimum absolute atomic E-state index is 0.0792. The number of H-pyrrole nitrogens is 1. The van der Waals surface area contributed by atoms with Gasteiger partial charge in [-0.3, -0.25) is 0 Å². The standard InChI is InChI=1S/C9H9N3O2S/c1-4-5(2)15-8(11-4)7-10-3-6(12-7)9(13)14/h3H,1-2H3,(H,10,12)(H,13,14). The van der Waals surface area contributed by atoms with Crippen molar-refractivity contribution < 1.29 is 9.90 Å². The Bertz CT molecular complexity index is 496. The molecule has 2 heterocycles. The van der Waals surface area contributed by atoms with Gasteiger partial charge in [0.15, 0.2) is 10.8 Å². The predicted molar refractivity (Wildman–Crippen MR) is 56.1 cm³/mol. The maximum absolute atomic E-state index is 10.6. The first kappa shape index (κ1) is 9.85. The fourth-order valence-electron chi connectivity index (χ4n) is 1.11. The Hall–Kier alpha value is -1.69. The number of hydrogen-bond donors (Lipinski definition) is 2. The molecule has 0 saturated heterocycles. The quantitative estimate of drug-likeness (QED) is 0.814. The third kappa shape index (κ3) is 1.75. The van der Waals surface area contributed by atoms with Gasteiger partial charge in [-0.1, -0.05) is 0 Å². The lowest BCUT2D eigenvalue weighted by molar-refractivity contribution is 0.0691. The molecule has 0 saturated carbocycles. The lowest BCUT2D eigenvalue weighted by Crippen LogP contribution is -1.95. The van der Waals surface area contributed by atoms with E-state index in [1.54, 1.807) is 0 Å². The molecule has 0 aliphatic carbocycles. The molecule has 2 aromatic heterocycles. The number of aromatic carboxylic acids is 1. The van der Waals surface area contributed by atoms with Crippen LogP contribution < -0.4 is 0 Å². The van der Waals surface area contributed by atoms with Gasteiger partial charge in [0.25, 0.3) is 0 Å². The van der Waals surface area contributed by atoms with Crippen LogP contribution in [0.3, 0.4) is 0 Å². The second kappa shape index (κ2) is 3.47. The number of carboxylic acids is 1. The van der Waals surface area contributed by atoms with Crippen LogP contribution in [0, 0.1) is 13.8 Å². The molecule has 2 rings (SSSR count). The molecule has 2 aromatic rings. The fraction of sp³-hybridized carbons (Fsp3) is 0.222. The van der Waals surface area contributed by atoms with Gasteiger partial charge in [0.1, 0.15) is 5.69 Å². The third-order valence-corrected chi connectivity index (χ3v) is 3.12. The Balaban J connectivity index is 2.41. The van der Waals surface area contributed by atoms with E-state index >= 15 is 0 Å². The van der Waals surface area contributed by atoms with E-state index in [2.05, 4.69) is 15.0 Å². The molecule has 0 aliphatic rings. The Morgan fingerprint density at radius 1 is 1.53 bits per heavy atom. The summed E-state index contributed by atoms with van der Waals surface area (Å²) in [6.45, 7) is 3.88. The zero-order valence-electron chi connectivity index (χ0n) is 8.24. The van der Waals surface area contributed by atoms with Crippen molar-refractivity contribution in [1.82, 2.24) is 15.0 Å². The van der Waals surface area contributed by atoms with Crippen molar-refractivity contribution in [1.29, 1.82) is 0 Å². The maximum atomic E-state index is 10.6. The van der Waals surface area contributed by atoms with Crippen LogP contribution in [0.15, 0.2) is 6.20 Å². The highest BCUT2D eigenvalue weighted by molar-refractivity contribution is 7.15. The molecule has 0 unspecified atom stereocenters. The SMILES string of the molecule is Cc1nc(-c2ncc(C(=O)O)[nH]2)sc1C. The molecule has 6 heteroatoms. The van der Waals surface area contributed by atoms with E-state index in [1.165, 1.54) is 17.5 Å². The molecule has 2 N–H and O–H groups in total. The van der Waals surface area contributed by atoms with Crippen molar-refractivity contribution >= 4 is 17.3 Å². The first-order valence-corrected chi connectivity index (χ1v) is 5.12. The molecule has 0 fully saturated rings. The van der Waals surface area contributed by atoms with Gasteiger partial charge in [0.2, 0.25) is 0 Å². The average Bonchev–Trinajstić information content (AvgIpc) is 2.74. The van der Waals surface area contributed by atoms with Gasteiger partial charge in [0, 0.05) is 4.88 Å². The number of nitrogens with zero attached hydrogens (tertiary/aromatic N) is 2. The molecule has 0 bridgehead atoms. The van der Waals surface area contributed by atoms with Crippen molar-refractivity contribution in [2.24, 2.45) is 0 Å². The summed E-state index contributed by atoms with van der Waals surface area (Å²) < 4.78 is 0. The summed E-state index contributed by atoms with van der Waals surface area (Å²) in [4.78, 5) is 22.7. The summed E-state index contributed by atoms with van der Waals surface area (Å²) in [5, 5.41) is 9.44. The number of carbonyl (C=O) groups is 1. The number of aromatic nitrogens is 3. The summed E-state index contributed by atoms with van der Waals surface area (Å²) in [7, 11) is 0. The van der Waals surface area contributed by atoms with E-state index in [1.807, 2.05) is 13.8 Å². The number of hydrogen-bond acceptors (Lipinski definition) is 4. The molecular weight excluding hydrogens is 214 g/mol. The van der Waals surface area contributed by atoms with Crippen molar-refractivity contribution in [2.75, 3.05) is 0 Å². The zero-order chi connectivity index (χ0) is 11.0. The molecule has 78 valence electrons. The van der Waals surface area contributed by atoms with Crippen LogP contribution in [0.4, 0.5) is 0 Å². The minimum Gasteiger partial charge on any atom is -0.477 e. The normalized spacial score (nSPS) is 10.5. The van der Waals surface area contributed by atoms with Gasteiger partial charge in [-0.25, -0.2) is 14.8 Å². The highest BCUT2D eigenvalue weighted by Gasteiger charge is 2.12. The third-order valence-electron chi connectivity index (χ3n) is 2.04. The van der Waals surface area contributed by atoms with Crippen LogP contribution in [-0.2, 0) is 0 Å². The van der Waals surface area contributed by atoms with Gasteiger partial charge >= 0.3 is 5.97 Å². The van der Waals surface area contributed by atoms with Crippen molar-refractivity contribution in [3.05, 3.63) is 22.5 Å². The number of carboxylic acid groups (broad SMARTS) is 1. The fourth-order valence-corrected chi connectivity index (χ4v) is 1.98. The van der Waals surface area contributed by atoms with Crippen LogP contribution in [-0.4, -0.2) is 26.0 Å². The smallest absolute Gasteiger partial charge is 0.353 e. The highest BCUT2D eigenvalue weighted by Crippen LogP contribution is 2.24. The monoisotopic (exact) mass is 223 g/mol. The Morgan fingerprint density at radius 2 is 2.27 bits per heavy atom. The van der Waals surface area contributed by atoms with Gasteiger partial charge in [-0.2, -0.15) is 0 Å². The largest absolute Gasteiger partial charge is 0.477 e. The second-order valence-corrected chi connectivity index (χ2v) is 4.31. The first-order valence-electron chi connectivity index (χ1n) is 4.30. The number of thiazole rings is 1. The molecule has 15 heavy (non-hydrogen) atoms. The van der Waals surface area contributed by atoms with Crippen LogP contribution in [0.1, 0.15) is 21.1 Å². The van der Waals surface area contributed by atoms with Crippen molar-refractivity contribution in [3.8, 4) is 10.8 Å². The summed E-state index contributed by atoms with van der Waals surface area (Å²) in [5.74, 6) is -0.507. The number of aromatic amines is 1. The van der Waals surface area contributed by atoms with Gasteiger partial charge in [-0.05, 0) is 13.8 Å². The lowest BCUT2D eigenvalue weighted by Gasteiger charge is -1.87. The summed E-state index contributed by atoms with van der Waals surface area (Å²) in [6, 6.07) is 0. The molecule has 0 aromatic carbocycles. The van der Waals surface area contributed by atoms with E-state index in [-0.39, 0.29) is 5.69 Å². The Kier molecular flexibility index (Phi) is 2.28. The second-order valence-electron chi connectivity index (χ2n) is 3.11. The van der Waals surface area contributed by atoms with Crippen LogP contribution in [0.5, 0.6) is 0 Å². The Morgan fingerprint density at radius 3 is 2.73 bits per heavy atom. The molecule has 0 atom stereocenters. The predicted octanol–water partition coefficient (Wildman–Crippen LogP) is 1.85. The first-order chi connectivity index (χ1) is 7.08. The number of nitrogens with one attached hydrogen (secondary N) is 1. The average molecular weight is 223 g/mol. The molecule has 5 nitrogen and oxygen atoms in total. The Labute approximate surface area is 89.8 Å². The molecule has 0 aliphatic heterocycles. The van der Waals surface area contributed by atoms with Crippen LogP contribution in [0.2, 0.25) is 0 Å².